The number of halogens is 3. The number of carbonyl (C=O) groups excluding carboxylic acids is 2. The number of piperidine rings is 1. The molecule has 1 N–H and O–H groups in total. The van der Waals surface area contributed by atoms with Gasteiger partial charge in [0.15, 0.2) is 0 Å². The molecular formula is C23H24F3N3O2. The molecule has 0 bridgehead atoms. The molecular weight excluding hydrogens is 407 g/mol. The SMILES string of the molecule is O=C(Nc1ccc(C(F)(F)F)cc1)N1CCC2(CC1)CCN(C(=O)c1ccccc1)C2. The standard InChI is InChI=1S/C23H24F3N3O2/c24-23(25,26)18-6-8-19(9-7-18)27-21(31)28-13-10-22(11-14-28)12-15-29(16-22)20(30)17-4-2-1-3-5-17/h1-9H,10-16H2,(H,27,31). The van der Waals surface area contributed by atoms with Crippen LogP contribution in [0.25, 0.3) is 0 Å². The van der Waals surface area contributed by atoms with Crippen molar-refractivity contribution in [2.45, 2.75) is 25.4 Å². The maximum Gasteiger partial charge on any atom is 0.416 e. The molecule has 0 saturated carbocycles. The average molecular weight is 431 g/mol. The molecule has 164 valence electrons. The Morgan fingerprint density at radius 2 is 1.42 bits per heavy atom. The summed E-state index contributed by atoms with van der Waals surface area (Å²) >= 11 is 0. The molecule has 31 heavy (non-hydrogen) atoms. The molecule has 2 fully saturated rings. The second-order valence-corrected chi connectivity index (χ2v) is 8.34. The summed E-state index contributed by atoms with van der Waals surface area (Å²) in [4.78, 5) is 28.8. The monoisotopic (exact) mass is 431 g/mol. The van der Waals surface area contributed by atoms with Crippen LogP contribution >= 0.6 is 0 Å². The van der Waals surface area contributed by atoms with Gasteiger partial charge in [-0.15, -0.1) is 0 Å². The highest BCUT2D eigenvalue weighted by Gasteiger charge is 2.42. The van der Waals surface area contributed by atoms with Gasteiger partial charge in [-0.05, 0) is 61.1 Å². The number of hydrogen-bond donors (Lipinski definition) is 1. The lowest BCUT2D eigenvalue weighted by Gasteiger charge is -2.39. The van der Waals surface area contributed by atoms with Crippen LogP contribution in [0.15, 0.2) is 54.6 Å². The van der Waals surface area contributed by atoms with Crippen molar-refractivity contribution in [2.24, 2.45) is 5.41 Å². The molecule has 0 atom stereocenters. The molecule has 0 unspecified atom stereocenters. The number of alkyl halides is 3. The Bertz CT molecular complexity index is 937. The van der Waals surface area contributed by atoms with E-state index in [1.165, 1.54) is 12.1 Å². The van der Waals surface area contributed by atoms with Gasteiger partial charge in [-0.1, -0.05) is 18.2 Å². The number of likely N-dealkylation sites (tertiary alicyclic amines) is 2. The number of benzene rings is 2. The Balaban J connectivity index is 1.30. The van der Waals surface area contributed by atoms with Crippen LogP contribution in [0.5, 0.6) is 0 Å². The fourth-order valence-electron chi connectivity index (χ4n) is 4.41. The van der Waals surface area contributed by atoms with E-state index < -0.39 is 11.7 Å². The van der Waals surface area contributed by atoms with Crippen LogP contribution in [0, 0.1) is 5.41 Å². The van der Waals surface area contributed by atoms with Crippen LogP contribution in [0.2, 0.25) is 0 Å². The summed E-state index contributed by atoms with van der Waals surface area (Å²) in [6.45, 7) is 2.51. The minimum absolute atomic E-state index is 0.0234. The third-order valence-corrected chi connectivity index (χ3v) is 6.32. The van der Waals surface area contributed by atoms with Crippen LogP contribution in [-0.4, -0.2) is 47.9 Å². The smallest absolute Gasteiger partial charge is 0.338 e. The second-order valence-electron chi connectivity index (χ2n) is 8.34. The Morgan fingerprint density at radius 3 is 2.00 bits per heavy atom. The van der Waals surface area contributed by atoms with Gasteiger partial charge in [-0.3, -0.25) is 4.79 Å². The maximum atomic E-state index is 12.7. The molecule has 2 aromatic carbocycles. The minimum Gasteiger partial charge on any atom is -0.338 e. The summed E-state index contributed by atoms with van der Waals surface area (Å²) in [6.07, 6.45) is -1.89. The van der Waals surface area contributed by atoms with Crippen molar-refractivity contribution in [3.8, 4) is 0 Å². The number of urea groups is 1. The van der Waals surface area contributed by atoms with Gasteiger partial charge >= 0.3 is 12.2 Å². The fourth-order valence-corrected chi connectivity index (χ4v) is 4.41. The van der Waals surface area contributed by atoms with E-state index in [1.807, 2.05) is 35.2 Å². The molecule has 1 spiro atoms. The van der Waals surface area contributed by atoms with Crippen molar-refractivity contribution < 1.29 is 22.8 Å². The van der Waals surface area contributed by atoms with Gasteiger partial charge in [0.1, 0.15) is 0 Å². The molecule has 2 aromatic rings. The van der Waals surface area contributed by atoms with E-state index in [9.17, 15) is 22.8 Å². The summed E-state index contributed by atoms with van der Waals surface area (Å²) in [6, 6.07) is 13.3. The number of carbonyl (C=O) groups is 2. The van der Waals surface area contributed by atoms with Crippen molar-refractivity contribution in [1.82, 2.24) is 9.80 Å². The second kappa shape index (κ2) is 8.24. The Morgan fingerprint density at radius 1 is 0.839 bits per heavy atom. The van der Waals surface area contributed by atoms with Crippen molar-refractivity contribution in [3.05, 3.63) is 65.7 Å². The number of rotatable bonds is 2. The van der Waals surface area contributed by atoms with Crippen molar-refractivity contribution in [1.29, 1.82) is 0 Å². The molecule has 8 heteroatoms. The third kappa shape index (κ3) is 4.68. The average Bonchev–Trinajstić information content (AvgIpc) is 3.17. The highest BCUT2D eigenvalue weighted by Crippen LogP contribution is 2.41. The zero-order valence-corrected chi connectivity index (χ0v) is 17.0. The van der Waals surface area contributed by atoms with E-state index in [1.54, 1.807) is 4.90 Å². The van der Waals surface area contributed by atoms with Crippen LogP contribution in [0.3, 0.4) is 0 Å². The first-order valence-corrected chi connectivity index (χ1v) is 10.3. The van der Waals surface area contributed by atoms with Gasteiger partial charge in [0.2, 0.25) is 0 Å². The number of nitrogens with zero attached hydrogens (tertiary/aromatic N) is 2. The van der Waals surface area contributed by atoms with Crippen molar-refractivity contribution in [3.63, 3.8) is 0 Å². The van der Waals surface area contributed by atoms with E-state index in [-0.39, 0.29) is 17.4 Å². The highest BCUT2D eigenvalue weighted by molar-refractivity contribution is 5.94. The van der Waals surface area contributed by atoms with Gasteiger partial charge < -0.3 is 15.1 Å². The lowest BCUT2D eigenvalue weighted by atomic mass is 9.78. The van der Waals surface area contributed by atoms with Gasteiger partial charge in [0.25, 0.3) is 5.91 Å². The van der Waals surface area contributed by atoms with E-state index in [0.717, 1.165) is 31.4 Å². The van der Waals surface area contributed by atoms with Crippen LogP contribution in [-0.2, 0) is 6.18 Å². The Hall–Kier alpha value is -3.03. The van der Waals surface area contributed by atoms with E-state index in [4.69, 9.17) is 0 Å². The summed E-state index contributed by atoms with van der Waals surface area (Å²) < 4.78 is 38.0. The topological polar surface area (TPSA) is 52.7 Å². The van der Waals surface area contributed by atoms with Crippen LogP contribution in [0.1, 0.15) is 35.2 Å². The molecule has 4 rings (SSSR count). The largest absolute Gasteiger partial charge is 0.416 e. The molecule has 2 heterocycles. The van der Waals surface area contributed by atoms with Gasteiger partial charge in [0.05, 0.1) is 5.56 Å². The number of nitrogens with one attached hydrogen (secondary N) is 1. The Kier molecular flexibility index (Phi) is 5.64. The fraction of sp³-hybridized carbons (Fsp3) is 0.391. The number of hydrogen-bond acceptors (Lipinski definition) is 2. The van der Waals surface area contributed by atoms with Gasteiger partial charge in [0, 0.05) is 37.4 Å². The summed E-state index contributed by atoms with van der Waals surface area (Å²) in [5.74, 6) is 0.0416. The van der Waals surface area contributed by atoms with Crippen molar-refractivity contribution >= 4 is 17.6 Å². The number of anilines is 1. The van der Waals surface area contributed by atoms with Crippen LogP contribution < -0.4 is 5.32 Å². The molecule has 0 aliphatic carbocycles. The van der Waals surface area contributed by atoms with E-state index >= 15 is 0 Å². The molecule has 2 aliphatic heterocycles. The normalized spacial score (nSPS) is 18.3. The molecule has 0 radical (unpaired) electrons. The van der Waals surface area contributed by atoms with Crippen molar-refractivity contribution in [2.75, 3.05) is 31.5 Å². The zero-order valence-electron chi connectivity index (χ0n) is 17.0. The van der Waals surface area contributed by atoms with E-state index in [2.05, 4.69) is 5.32 Å². The quantitative estimate of drug-likeness (QED) is 0.738. The van der Waals surface area contributed by atoms with Gasteiger partial charge in [-0.2, -0.15) is 13.2 Å². The molecule has 3 amide bonds. The predicted molar refractivity (Wildman–Crippen MR) is 111 cm³/mol. The summed E-state index contributed by atoms with van der Waals surface area (Å²) in [7, 11) is 0. The maximum absolute atomic E-state index is 12.7. The summed E-state index contributed by atoms with van der Waals surface area (Å²) in [5, 5.41) is 2.67. The molecule has 2 saturated heterocycles. The summed E-state index contributed by atoms with van der Waals surface area (Å²) in [5.41, 5.74) is 0.295. The third-order valence-electron chi connectivity index (χ3n) is 6.32. The lowest BCUT2D eigenvalue weighted by molar-refractivity contribution is -0.137. The molecule has 2 aliphatic rings. The van der Waals surface area contributed by atoms with Gasteiger partial charge in [-0.25, -0.2) is 4.79 Å². The van der Waals surface area contributed by atoms with Crippen LogP contribution in [0.4, 0.5) is 23.7 Å². The lowest BCUT2D eigenvalue weighted by Crippen LogP contribution is -2.46. The Labute approximate surface area is 178 Å². The first-order chi connectivity index (χ1) is 14.8. The zero-order chi connectivity index (χ0) is 22.1. The van der Waals surface area contributed by atoms with E-state index in [0.29, 0.717) is 37.4 Å². The minimum atomic E-state index is -4.40. The number of amides is 3. The predicted octanol–water partition coefficient (Wildman–Crippen LogP) is 4.87. The molecule has 5 nitrogen and oxygen atoms in total. The first kappa shape index (κ1) is 21.2. The first-order valence-electron chi connectivity index (χ1n) is 10.3. The highest BCUT2D eigenvalue weighted by atomic mass is 19.4. The molecule has 0 aromatic heterocycles.